The van der Waals surface area contributed by atoms with Gasteiger partial charge in [0.1, 0.15) is 5.92 Å². The Kier molecular flexibility index (Phi) is 5.48. The maximum absolute atomic E-state index is 13.4. The maximum atomic E-state index is 13.4. The van der Waals surface area contributed by atoms with Crippen LogP contribution in [0.3, 0.4) is 0 Å². The summed E-state index contributed by atoms with van der Waals surface area (Å²) in [6, 6.07) is 14.9. The van der Waals surface area contributed by atoms with Crippen molar-refractivity contribution in [1.82, 2.24) is 19.9 Å². The summed E-state index contributed by atoms with van der Waals surface area (Å²) in [7, 11) is 0. The molecule has 1 aliphatic rings. The van der Waals surface area contributed by atoms with Crippen LogP contribution in [-0.4, -0.2) is 51.9 Å². The number of hydrogen-bond acceptors (Lipinski definition) is 5. The highest BCUT2D eigenvalue weighted by Crippen LogP contribution is 2.27. The zero-order chi connectivity index (χ0) is 19.3. The molecule has 4 rings (SSSR count). The van der Waals surface area contributed by atoms with Crippen molar-refractivity contribution >= 4 is 23.5 Å². The van der Waals surface area contributed by atoms with Crippen molar-refractivity contribution in [3.05, 3.63) is 83.4 Å². The molecule has 0 saturated carbocycles. The van der Waals surface area contributed by atoms with Crippen molar-refractivity contribution in [2.45, 2.75) is 5.92 Å². The Morgan fingerprint density at radius 3 is 2.18 bits per heavy atom. The third-order valence-corrected chi connectivity index (χ3v) is 5.11. The molecule has 1 amide bonds. The van der Waals surface area contributed by atoms with Gasteiger partial charge in [-0.3, -0.25) is 9.78 Å². The summed E-state index contributed by atoms with van der Waals surface area (Å²) >= 11 is 6.04. The average molecular weight is 394 g/mol. The lowest BCUT2D eigenvalue weighted by Gasteiger charge is -2.36. The second kappa shape index (κ2) is 8.35. The molecule has 0 radical (unpaired) electrons. The van der Waals surface area contributed by atoms with Crippen LogP contribution in [0.1, 0.15) is 17.2 Å². The molecule has 1 unspecified atom stereocenters. The van der Waals surface area contributed by atoms with Crippen molar-refractivity contribution in [1.29, 1.82) is 0 Å². The Labute approximate surface area is 168 Å². The molecule has 3 aromatic rings. The van der Waals surface area contributed by atoms with Crippen molar-refractivity contribution in [3.8, 4) is 0 Å². The van der Waals surface area contributed by atoms with E-state index < -0.39 is 5.92 Å². The van der Waals surface area contributed by atoms with E-state index in [-0.39, 0.29) is 5.91 Å². The van der Waals surface area contributed by atoms with E-state index in [0.717, 1.165) is 11.3 Å². The number of carbonyl (C=O) groups is 1. The monoisotopic (exact) mass is 393 g/mol. The first-order valence-corrected chi connectivity index (χ1v) is 9.57. The molecule has 7 heteroatoms. The van der Waals surface area contributed by atoms with E-state index in [0.29, 0.717) is 37.1 Å². The number of hydrogen-bond donors (Lipinski definition) is 0. The van der Waals surface area contributed by atoms with Gasteiger partial charge in [0.05, 0.1) is 5.69 Å². The fourth-order valence-electron chi connectivity index (χ4n) is 3.41. The number of halogens is 1. The Balaban J connectivity index is 1.54. The van der Waals surface area contributed by atoms with Crippen LogP contribution in [0.2, 0.25) is 5.02 Å². The summed E-state index contributed by atoms with van der Waals surface area (Å²) < 4.78 is 0. The van der Waals surface area contributed by atoms with E-state index in [1.165, 1.54) is 0 Å². The first kappa shape index (κ1) is 18.4. The first-order chi connectivity index (χ1) is 13.7. The van der Waals surface area contributed by atoms with Gasteiger partial charge in [-0.25, -0.2) is 9.97 Å². The van der Waals surface area contributed by atoms with Crippen LogP contribution >= 0.6 is 11.6 Å². The van der Waals surface area contributed by atoms with Gasteiger partial charge < -0.3 is 9.80 Å². The number of carbonyl (C=O) groups excluding carboxylic acids is 1. The number of nitrogens with zero attached hydrogens (tertiary/aromatic N) is 5. The molecule has 1 fully saturated rings. The van der Waals surface area contributed by atoms with E-state index in [2.05, 4.69) is 19.9 Å². The SMILES string of the molecule is O=C(C(c1ccc(Cl)cc1)c1ccccn1)N1CCN(c2ncccn2)CC1. The molecule has 0 spiro atoms. The molecule has 2 aromatic heterocycles. The summed E-state index contributed by atoms with van der Waals surface area (Å²) in [6.45, 7) is 2.64. The van der Waals surface area contributed by atoms with Gasteiger partial charge >= 0.3 is 0 Å². The molecule has 3 heterocycles. The molecule has 1 atom stereocenters. The van der Waals surface area contributed by atoms with E-state index in [4.69, 9.17) is 11.6 Å². The third kappa shape index (κ3) is 3.97. The zero-order valence-electron chi connectivity index (χ0n) is 15.3. The van der Waals surface area contributed by atoms with Crippen molar-refractivity contribution in [3.63, 3.8) is 0 Å². The normalized spacial score (nSPS) is 15.3. The third-order valence-electron chi connectivity index (χ3n) is 4.86. The first-order valence-electron chi connectivity index (χ1n) is 9.19. The molecule has 1 aromatic carbocycles. The molecule has 1 aliphatic heterocycles. The number of anilines is 1. The molecule has 0 bridgehead atoms. The standard InChI is InChI=1S/C21H20ClN5O/c22-17-7-5-16(6-8-17)19(18-4-1-2-9-23-18)20(28)26-12-14-27(15-13-26)21-24-10-3-11-25-21/h1-11,19H,12-15H2. The second-order valence-electron chi connectivity index (χ2n) is 6.60. The highest BCUT2D eigenvalue weighted by atomic mass is 35.5. The lowest BCUT2D eigenvalue weighted by atomic mass is 9.93. The van der Waals surface area contributed by atoms with Crippen LogP contribution in [0, 0.1) is 0 Å². The summed E-state index contributed by atoms with van der Waals surface area (Å²) in [5.41, 5.74) is 1.63. The van der Waals surface area contributed by atoms with E-state index in [1.54, 1.807) is 24.7 Å². The van der Waals surface area contributed by atoms with Gasteiger partial charge in [0.25, 0.3) is 0 Å². The van der Waals surface area contributed by atoms with Crippen LogP contribution in [-0.2, 0) is 4.79 Å². The van der Waals surface area contributed by atoms with E-state index in [9.17, 15) is 4.79 Å². The zero-order valence-corrected chi connectivity index (χ0v) is 16.0. The number of benzene rings is 1. The quantitative estimate of drug-likeness (QED) is 0.681. The smallest absolute Gasteiger partial charge is 0.236 e. The molecule has 28 heavy (non-hydrogen) atoms. The summed E-state index contributed by atoms with van der Waals surface area (Å²) in [4.78, 5) is 30.5. The number of pyridine rings is 1. The van der Waals surface area contributed by atoms with Gasteiger partial charge in [-0.05, 0) is 35.9 Å². The van der Waals surface area contributed by atoms with Crippen LogP contribution in [0.4, 0.5) is 5.95 Å². The molecule has 6 nitrogen and oxygen atoms in total. The van der Waals surface area contributed by atoms with Crippen LogP contribution < -0.4 is 4.90 Å². The molecule has 0 aliphatic carbocycles. The fraction of sp³-hybridized carbons (Fsp3) is 0.238. The minimum atomic E-state index is -0.446. The molecular weight excluding hydrogens is 374 g/mol. The Morgan fingerprint density at radius 2 is 1.54 bits per heavy atom. The van der Waals surface area contributed by atoms with Gasteiger partial charge in [0.15, 0.2) is 0 Å². The van der Waals surface area contributed by atoms with Gasteiger partial charge in [0, 0.05) is 49.8 Å². The summed E-state index contributed by atoms with van der Waals surface area (Å²) in [5.74, 6) is 0.307. The molecule has 0 N–H and O–H groups in total. The predicted octanol–water partition coefficient (Wildman–Crippen LogP) is 3.01. The topological polar surface area (TPSA) is 62.2 Å². The number of amides is 1. The van der Waals surface area contributed by atoms with Crippen molar-refractivity contribution < 1.29 is 4.79 Å². The summed E-state index contributed by atoms with van der Waals surface area (Å²) in [6.07, 6.45) is 5.19. The van der Waals surface area contributed by atoms with E-state index in [1.807, 2.05) is 47.4 Å². The second-order valence-corrected chi connectivity index (χ2v) is 7.04. The molecule has 1 saturated heterocycles. The van der Waals surface area contributed by atoms with Crippen LogP contribution in [0.25, 0.3) is 0 Å². The lowest BCUT2D eigenvalue weighted by molar-refractivity contribution is -0.132. The largest absolute Gasteiger partial charge is 0.338 e. The van der Waals surface area contributed by atoms with Crippen molar-refractivity contribution in [2.75, 3.05) is 31.1 Å². The minimum Gasteiger partial charge on any atom is -0.338 e. The Bertz CT molecular complexity index is 913. The van der Waals surface area contributed by atoms with Gasteiger partial charge in [-0.1, -0.05) is 29.8 Å². The molecular formula is C21H20ClN5O. The van der Waals surface area contributed by atoms with E-state index >= 15 is 0 Å². The minimum absolute atomic E-state index is 0.0506. The highest BCUT2D eigenvalue weighted by molar-refractivity contribution is 6.30. The lowest BCUT2D eigenvalue weighted by Crippen LogP contribution is -2.50. The van der Waals surface area contributed by atoms with Crippen LogP contribution in [0.5, 0.6) is 0 Å². The average Bonchev–Trinajstić information content (AvgIpc) is 2.77. The maximum Gasteiger partial charge on any atom is 0.236 e. The number of piperazine rings is 1. The molecule has 142 valence electrons. The van der Waals surface area contributed by atoms with Crippen LogP contribution in [0.15, 0.2) is 67.1 Å². The summed E-state index contributed by atoms with van der Waals surface area (Å²) in [5, 5.41) is 0.646. The Morgan fingerprint density at radius 1 is 0.857 bits per heavy atom. The van der Waals surface area contributed by atoms with Gasteiger partial charge in [-0.2, -0.15) is 0 Å². The van der Waals surface area contributed by atoms with Crippen molar-refractivity contribution in [2.24, 2.45) is 0 Å². The van der Waals surface area contributed by atoms with Gasteiger partial charge in [0.2, 0.25) is 11.9 Å². The number of rotatable bonds is 4. The highest BCUT2D eigenvalue weighted by Gasteiger charge is 2.31. The number of aromatic nitrogens is 3. The fourth-order valence-corrected chi connectivity index (χ4v) is 3.53. The van der Waals surface area contributed by atoms with Gasteiger partial charge in [-0.15, -0.1) is 0 Å². The Hall–Kier alpha value is -2.99. The predicted molar refractivity (Wildman–Crippen MR) is 108 cm³/mol.